The Morgan fingerprint density at radius 3 is 1.97 bits per heavy atom. The maximum atomic E-state index is 13.1. The number of carbonyl (C=O) groups excluding carboxylic acids is 3. The van der Waals surface area contributed by atoms with Gasteiger partial charge in [0.2, 0.25) is 0 Å². The van der Waals surface area contributed by atoms with Crippen LogP contribution in [0, 0.1) is 0 Å². The quantitative estimate of drug-likeness (QED) is 0.622. The van der Waals surface area contributed by atoms with Gasteiger partial charge >= 0.3 is 5.97 Å². The molecule has 1 aliphatic carbocycles. The molecule has 6 nitrogen and oxygen atoms in total. The summed E-state index contributed by atoms with van der Waals surface area (Å²) < 4.78 is 5.49. The minimum Gasteiger partial charge on any atom is -0.449 e. The lowest BCUT2D eigenvalue weighted by Crippen LogP contribution is -2.47. The Labute approximate surface area is 180 Å². The summed E-state index contributed by atoms with van der Waals surface area (Å²) >= 11 is 0. The van der Waals surface area contributed by atoms with Crippen molar-refractivity contribution in [3.05, 3.63) is 35.4 Å². The second-order valence-electron chi connectivity index (χ2n) is 8.73. The van der Waals surface area contributed by atoms with Gasteiger partial charge in [0, 0.05) is 25.2 Å². The fourth-order valence-electron chi connectivity index (χ4n) is 4.26. The molecule has 1 aromatic carbocycles. The van der Waals surface area contributed by atoms with Gasteiger partial charge in [-0.15, -0.1) is 0 Å². The number of benzene rings is 1. The van der Waals surface area contributed by atoms with Crippen LogP contribution in [-0.4, -0.2) is 58.9 Å². The van der Waals surface area contributed by atoms with Crippen LogP contribution in [0.25, 0.3) is 0 Å². The molecule has 2 amide bonds. The molecule has 0 aromatic heterocycles. The molecule has 0 N–H and O–H groups in total. The van der Waals surface area contributed by atoms with Gasteiger partial charge in [0.15, 0.2) is 6.10 Å². The van der Waals surface area contributed by atoms with Crippen LogP contribution in [0.15, 0.2) is 24.3 Å². The molecule has 0 radical (unpaired) electrons. The third kappa shape index (κ3) is 5.61. The summed E-state index contributed by atoms with van der Waals surface area (Å²) in [4.78, 5) is 42.3. The van der Waals surface area contributed by atoms with E-state index in [1.165, 1.54) is 6.42 Å². The van der Waals surface area contributed by atoms with Gasteiger partial charge in [-0.2, -0.15) is 0 Å². The highest BCUT2D eigenvalue weighted by Crippen LogP contribution is 2.24. The summed E-state index contributed by atoms with van der Waals surface area (Å²) in [6.45, 7) is 9.31. The van der Waals surface area contributed by atoms with E-state index in [1.807, 2.05) is 27.7 Å². The number of hydrogen-bond acceptors (Lipinski definition) is 4. The topological polar surface area (TPSA) is 66.9 Å². The second kappa shape index (κ2) is 10.6. The molecule has 2 rings (SSSR count). The highest BCUT2D eigenvalue weighted by molar-refractivity contribution is 6.05. The van der Waals surface area contributed by atoms with E-state index in [9.17, 15) is 14.4 Å². The zero-order valence-electron chi connectivity index (χ0n) is 19.2. The van der Waals surface area contributed by atoms with Crippen LogP contribution in [-0.2, 0) is 9.53 Å². The zero-order chi connectivity index (χ0) is 22.4. The maximum Gasteiger partial charge on any atom is 0.339 e. The Bertz CT molecular complexity index is 745. The van der Waals surface area contributed by atoms with Crippen molar-refractivity contribution in [1.29, 1.82) is 0 Å². The molecule has 1 unspecified atom stereocenters. The van der Waals surface area contributed by atoms with Crippen LogP contribution >= 0.6 is 0 Å². The molecular formula is C24H36N2O4. The minimum atomic E-state index is -0.929. The van der Waals surface area contributed by atoms with E-state index in [0.29, 0.717) is 5.56 Å². The average Bonchev–Trinajstić information content (AvgIpc) is 2.72. The first-order valence-electron chi connectivity index (χ1n) is 11.0. The Balaban J connectivity index is 2.17. The van der Waals surface area contributed by atoms with Crippen LogP contribution in [0.2, 0.25) is 0 Å². The highest BCUT2D eigenvalue weighted by Gasteiger charge is 2.30. The fourth-order valence-corrected chi connectivity index (χ4v) is 4.26. The van der Waals surface area contributed by atoms with E-state index >= 15 is 0 Å². The van der Waals surface area contributed by atoms with Gasteiger partial charge < -0.3 is 14.5 Å². The summed E-state index contributed by atoms with van der Waals surface area (Å²) in [5, 5.41) is 0. The third-order valence-electron chi connectivity index (χ3n) is 5.82. The monoisotopic (exact) mass is 416 g/mol. The number of amides is 2. The van der Waals surface area contributed by atoms with Crippen LogP contribution in [0.4, 0.5) is 0 Å². The highest BCUT2D eigenvalue weighted by atomic mass is 16.5. The summed E-state index contributed by atoms with van der Waals surface area (Å²) in [6, 6.07) is 6.88. The number of ether oxygens (including phenoxy) is 1. The molecule has 0 heterocycles. The summed E-state index contributed by atoms with van der Waals surface area (Å²) in [7, 11) is 1.80. The van der Waals surface area contributed by atoms with Gasteiger partial charge in [-0.1, -0.05) is 31.4 Å². The molecule has 0 saturated heterocycles. The number of rotatable bonds is 7. The normalized spacial score (nSPS) is 15.7. The largest absolute Gasteiger partial charge is 0.449 e. The van der Waals surface area contributed by atoms with Gasteiger partial charge in [0.25, 0.3) is 11.8 Å². The first kappa shape index (κ1) is 23.9. The fraction of sp³-hybridized carbons (Fsp3) is 0.625. The molecule has 0 spiro atoms. The maximum absolute atomic E-state index is 13.1. The molecule has 1 aliphatic rings. The number of hydrogen-bond donors (Lipinski definition) is 0. The molecule has 6 heteroatoms. The molecule has 1 saturated carbocycles. The van der Waals surface area contributed by atoms with Crippen LogP contribution in [0.3, 0.4) is 0 Å². The predicted octanol–water partition coefficient (Wildman–Crippen LogP) is 4.28. The van der Waals surface area contributed by atoms with E-state index in [1.54, 1.807) is 48.0 Å². The van der Waals surface area contributed by atoms with E-state index in [2.05, 4.69) is 0 Å². The lowest BCUT2D eigenvalue weighted by atomic mass is 9.94. The molecule has 30 heavy (non-hydrogen) atoms. The smallest absolute Gasteiger partial charge is 0.339 e. The SMILES string of the molecule is CC(OC(=O)c1ccccc1C(=O)N(C)C1CCCCC1)C(=O)N(C(C)C)C(C)C. The van der Waals surface area contributed by atoms with Crippen molar-refractivity contribution in [3.8, 4) is 0 Å². The van der Waals surface area contributed by atoms with Crippen LogP contribution in [0.1, 0.15) is 87.4 Å². The molecule has 1 fully saturated rings. The second-order valence-corrected chi connectivity index (χ2v) is 8.73. The summed E-state index contributed by atoms with van der Waals surface area (Å²) in [5.74, 6) is -1.07. The van der Waals surface area contributed by atoms with E-state index in [4.69, 9.17) is 4.74 Å². The molecule has 166 valence electrons. The number of esters is 1. The molecular weight excluding hydrogens is 380 g/mol. The van der Waals surface area contributed by atoms with Crippen molar-refractivity contribution in [2.45, 2.75) is 91.0 Å². The number of carbonyl (C=O) groups is 3. The Kier molecular flexibility index (Phi) is 8.44. The van der Waals surface area contributed by atoms with Gasteiger partial charge in [0.05, 0.1) is 11.1 Å². The van der Waals surface area contributed by atoms with Gasteiger partial charge in [-0.05, 0) is 59.6 Å². The minimum absolute atomic E-state index is 0.00309. The Morgan fingerprint density at radius 2 is 1.43 bits per heavy atom. The predicted molar refractivity (Wildman–Crippen MR) is 117 cm³/mol. The summed E-state index contributed by atoms with van der Waals surface area (Å²) in [6.07, 6.45) is 4.49. The van der Waals surface area contributed by atoms with E-state index in [-0.39, 0.29) is 35.5 Å². The van der Waals surface area contributed by atoms with Crippen LogP contribution < -0.4 is 0 Å². The van der Waals surface area contributed by atoms with Crippen molar-refractivity contribution >= 4 is 17.8 Å². The standard InChI is InChI=1S/C24H36N2O4/c1-16(2)26(17(3)4)22(27)18(5)30-24(29)21-15-11-10-14-20(21)23(28)25(6)19-12-8-7-9-13-19/h10-11,14-19H,7-9,12-13H2,1-6H3. The van der Waals surface area contributed by atoms with Gasteiger partial charge in [-0.25, -0.2) is 4.79 Å². The first-order valence-corrected chi connectivity index (χ1v) is 11.0. The van der Waals surface area contributed by atoms with E-state index in [0.717, 1.165) is 25.7 Å². The lowest BCUT2D eigenvalue weighted by Gasteiger charge is -2.33. The molecule has 0 aliphatic heterocycles. The van der Waals surface area contributed by atoms with Crippen molar-refractivity contribution < 1.29 is 19.1 Å². The first-order chi connectivity index (χ1) is 14.1. The van der Waals surface area contributed by atoms with Crippen molar-refractivity contribution in [1.82, 2.24) is 9.80 Å². The average molecular weight is 417 g/mol. The Morgan fingerprint density at radius 1 is 0.900 bits per heavy atom. The lowest BCUT2D eigenvalue weighted by molar-refractivity contribution is -0.143. The van der Waals surface area contributed by atoms with Gasteiger partial charge in [0.1, 0.15) is 0 Å². The third-order valence-corrected chi connectivity index (χ3v) is 5.82. The zero-order valence-corrected chi connectivity index (χ0v) is 19.2. The molecule has 0 bridgehead atoms. The van der Waals surface area contributed by atoms with Crippen molar-refractivity contribution in [2.24, 2.45) is 0 Å². The Hall–Kier alpha value is -2.37. The molecule has 1 aromatic rings. The van der Waals surface area contributed by atoms with Crippen molar-refractivity contribution in [2.75, 3.05) is 7.05 Å². The van der Waals surface area contributed by atoms with E-state index < -0.39 is 12.1 Å². The summed E-state index contributed by atoms with van der Waals surface area (Å²) in [5.41, 5.74) is 0.519. The number of nitrogens with zero attached hydrogens (tertiary/aromatic N) is 2. The molecule has 1 atom stereocenters. The van der Waals surface area contributed by atoms with Crippen molar-refractivity contribution in [3.63, 3.8) is 0 Å². The van der Waals surface area contributed by atoms with Gasteiger partial charge in [-0.3, -0.25) is 9.59 Å². The van der Waals surface area contributed by atoms with Crippen LogP contribution in [0.5, 0.6) is 0 Å².